The third-order valence-corrected chi connectivity index (χ3v) is 4.42. The van der Waals surface area contributed by atoms with Gasteiger partial charge in [-0.25, -0.2) is 4.79 Å². The van der Waals surface area contributed by atoms with Gasteiger partial charge in [0.25, 0.3) is 5.91 Å². The molecule has 0 saturated carbocycles. The number of thiocarbonyl (C=S) groups is 1. The molecule has 0 aliphatic carbocycles. The van der Waals surface area contributed by atoms with Crippen LogP contribution >= 0.6 is 12.2 Å². The molecule has 1 aliphatic heterocycles. The van der Waals surface area contributed by atoms with Crippen molar-refractivity contribution in [3.05, 3.63) is 53.7 Å². The highest BCUT2D eigenvalue weighted by atomic mass is 32.1. The first-order chi connectivity index (χ1) is 14.4. The number of aliphatic carboxylic acids is 1. The van der Waals surface area contributed by atoms with Gasteiger partial charge in [-0.15, -0.1) is 0 Å². The Morgan fingerprint density at radius 3 is 2.53 bits per heavy atom. The maximum Gasteiger partial charge on any atom is 0.341 e. The predicted octanol–water partition coefficient (Wildman–Crippen LogP) is 2.82. The van der Waals surface area contributed by atoms with Gasteiger partial charge in [-0.3, -0.25) is 9.69 Å². The Kier molecular flexibility index (Phi) is 6.53. The number of carboxylic acids is 1. The van der Waals surface area contributed by atoms with Crippen LogP contribution in [0.25, 0.3) is 6.08 Å². The molecular weight excluding hydrogens is 408 g/mol. The Balaban J connectivity index is 1.85. The molecule has 2 aromatic carbocycles. The van der Waals surface area contributed by atoms with E-state index in [9.17, 15) is 9.59 Å². The highest BCUT2D eigenvalue weighted by Crippen LogP contribution is 2.30. The van der Waals surface area contributed by atoms with Gasteiger partial charge < -0.3 is 24.6 Å². The van der Waals surface area contributed by atoms with E-state index in [1.807, 2.05) is 0 Å². The van der Waals surface area contributed by atoms with Crippen molar-refractivity contribution in [2.24, 2.45) is 0 Å². The number of hydrogen-bond acceptors (Lipinski definition) is 6. The average molecular weight is 428 g/mol. The lowest BCUT2D eigenvalue weighted by atomic mass is 10.1. The Hall–Kier alpha value is -3.59. The molecule has 0 spiro atoms. The van der Waals surface area contributed by atoms with Gasteiger partial charge in [0.15, 0.2) is 23.2 Å². The molecule has 0 unspecified atom stereocenters. The molecule has 156 valence electrons. The van der Waals surface area contributed by atoms with E-state index >= 15 is 0 Å². The van der Waals surface area contributed by atoms with Crippen LogP contribution in [0.15, 0.2) is 48.2 Å². The monoisotopic (exact) mass is 428 g/mol. The fraction of sp³-hybridized carbons (Fsp3) is 0.190. The zero-order valence-corrected chi connectivity index (χ0v) is 17.2. The van der Waals surface area contributed by atoms with Crippen molar-refractivity contribution in [3.63, 3.8) is 0 Å². The molecule has 3 rings (SSSR count). The number of carboxylic acid groups (broad SMARTS) is 1. The number of methoxy groups -OCH3 is 1. The molecule has 1 amide bonds. The maximum atomic E-state index is 12.9. The van der Waals surface area contributed by atoms with Crippen LogP contribution in [-0.2, 0) is 9.59 Å². The second-order valence-electron chi connectivity index (χ2n) is 6.15. The zero-order valence-electron chi connectivity index (χ0n) is 16.4. The number of carbonyl (C=O) groups excluding carboxylic acids is 1. The summed E-state index contributed by atoms with van der Waals surface area (Å²) in [5.74, 6) is -0.0184. The molecule has 1 fully saturated rings. The minimum absolute atomic E-state index is 0.267. The summed E-state index contributed by atoms with van der Waals surface area (Å²) in [4.78, 5) is 25.0. The van der Waals surface area contributed by atoms with Crippen molar-refractivity contribution in [1.29, 1.82) is 0 Å². The molecule has 2 aromatic rings. The average Bonchev–Trinajstić information content (AvgIpc) is 3.00. The second-order valence-corrected chi connectivity index (χ2v) is 6.54. The molecule has 1 saturated heterocycles. The van der Waals surface area contributed by atoms with Crippen LogP contribution in [0, 0.1) is 0 Å². The summed E-state index contributed by atoms with van der Waals surface area (Å²) in [5.41, 5.74) is 1.59. The summed E-state index contributed by atoms with van der Waals surface area (Å²) in [6, 6.07) is 11.9. The molecule has 9 heteroatoms. The van der Waals surface area contributed by atoms with Crippen LogP contribution in [0.4, 0.5) is 5.69 Å². The largest absolute Gasteiger partial charge is 0.497 e. The van der Waals surface area contributed by atoms with E-state index in [1.165, 1.54) is 4.90 Å². The Labute approximate surface area is 178 Å². The minimum Gasteiger partial charge on any atom is -0.497 e. The Morgan fingerprint density at radius 1 is 1.17 bits per heavy atom. The third kappa shape index (κ3) is 4.69. The van der Waals surface area contributed by atoms with Crippen LogP contribution in [0.1, 0.15) is 12.5 Å². The van der Waals surface area contributed by atoms with E-state index in [4.69, 9.17) is 31.5 Å². The second kappa shape index (κ2) is 9.27. The van der Waals surface area contributed by atoms with Crippen LogP contribution in [0.3, 0.4) is 0 Å². The van der Waals surface area contributed by atoms with Crippen LogP contribution < -0.4 is 24.4 Å². The normalized spacial score (nSPS) is 14.6. The molecule has 1 aliphatic rings. The summed E-state index contributed by atoms with van der Waals surface area (Å²) in [5, 5.41) is 12.0. The van der Waals surface area contributed by atoms with E-state index in [-0.39, 0.29) is 11.0 Å². The smallest absolute Gasteiger partial charge is 0.341 e. The number of amides is 1. The number of hydrogen-bond donors (Lipinski definition) is 2. The number of carbonyl (C=O) groups is 2. The van der Waals surface area contributed by atoms with Crippen molar-refractivity contribution in [2.75, 3.05) is 25.2 Å². The quantitative estimate of drug-likeness (QED) is 0.489. The van der Waals surface area contributed by atoms with Gasteiger partial charge in [0.1, 0.15) is 11.4 Å². The van der Waals surface area contributed by atoms with Crippen LogP contribution in [0.2, 0.25) is 0 Å². The lowest BCUT2D eigenvalue weighted by Gasteiger charge is -2.14. The summed E-state index contributed by atoms with van der Waals surface area (Å²) in [6.07, 6.45) is 1.64. The van der Waals surface area contributed by atoms with Gasteiger partial charge >= 0.3 is 5.97 Å². The standard InChI is InChI=1S/C21H20N2O6S/c1-3-28-18-11-13(4-9-17(18)29-12-19(24)25)10-16-20(26)23(21(30)22-16)14-5-7-15(27-2)8-6-14/h4-11H,3,12H2,1-2H3,(H,22,30)(H,24,25)/b16-10+. The first-order valence-electron chi connectivity index (χ1n) is 9.05. The number of anilines is 1. The van der Waals surface area contributed by atoms with Crippen molar-refractivity contribution in [1.82, 2.24) is 5.32 Å². The maximum absolute atomic E-state index is 12.9. The SMILES string of the molecule is CCOc1cc(/C=C2/NC(=S)N(c3ccc(OC)cc3)C2=O)ccc1OCC(=O)O. The van der Waals surface area contributed by atoms with Crippen molar-refractivity contribution in [3.8, 4) is 17.2 Å². The summed E-state index contributed by atoms with van der Waals surface area (Å²) >= 11 is 5.32. The number of nitrogens with one attached hydrogen (secondary N) is 1. The molecule has 30 heavy (non-hydrogen) atoms. The van der Waals surface area contributed by atoms with E-state index in [0.717, 1.165) is 0 Å². The molecule has 0 radical (unpaired) electrons. The van der Waals surface area contributed by atoms with Gasteiger partial charge in [-0.2, -0.15) is 0 Å². The van der Waals surface area contributed by atoms with Crippen molar-refractivity contribution < 1.29 is 28.9 Å². The van der Waals surface area contributed by atoms with Crippen LogP contribution in [0.5, 0.6) is 17.2 Å². The minimum atomic E-state index is -1.09. The Morgan fingerprint density at radius 2 is 1.90 bits per heavy atom. The van der Waals surface area contributed by atoms with Gasteiger partial charge in [0, 0.05) is 0 Å². The number of ether oxygens (including phenoxy) is 3. The molecule has 0 bridgehead atoms. The number of nitrogens with zero attached hydrogens (tertiary/aromatic N) is 1. The first-order valence-corrected chi connectivity index (χ1v) is 9.46. The van der Waals surface area contributed by atoms with Crippen LogP contribution in [-0.4, -0.2) is 42.4 Å². The predicted molar refractivity (Wildman–Crippen MR) is 115 cm³/mol. The molecule has 8 nitrogen and oxygen atoms in total. The number of rotatable bonds is 8. The zero-order chi connectivity index (χ0) is 21.7. The summed E-state index contributed by atoms with van der Waals surface area (Å²) < 4.78 is 15.9. The van der Waals surface area contributed by atoms with E-state index < -0.39 is 12.6 Å². The Bertz CT molecular complexity index is 1000. The van der Waals surface area contributed by atoms with Gasteiger partial charge in [-0.05, 0) is 67.2 Å². The highest BCUT2D eigenvalue weighted by molar-refractivity contribution is 7.80. The third-order valence-electron chi connectivity index (χ3n) is 4.14. The lowest BCUT2D eigenvalue weighted by molar-refractivity contribution is -0.139. The van der Waals surface area contributed by atoms with Crippen molar-refractivity contribution >= 4 is 41.0 Å². The molecular formula is C21H20N2O6S. The molecule has 2 N–H and O–H groups in total. The molecule has 1 heterocycles. The highest BCUT2D eigenvalue weighted by Gasteiger charge is 2.32. The first kappa shape index (κ1) is 21.1. The molecule has 0 atom stereocenters. The fourth-order valence-electron chi connectivity index (χ4n) is 2.81. The van der Waals surface area contributed by atoms with Gasteiger partial charge in [0.2, 0.25) is 0 Å². The van der Waals surface area contributed by atoms with E-state index in [2.05, 4.69) is 5.32 Å². The fourth-order valence-corrected chi connectivity index (χ4v) is 3.11. The van der Waals surface area contributed by atoms with Crippen molar-refractivity contribution in [2.45, 2.75) is 6.92 Å². The summed E-state index contributed by atoms with van der Waals surface area (Å²) in [7, 11) is 1.57. The lowest BCUT2D eigenvalue weighted by Crippen LogP contribution is -2.30. The topological polar surface area (TPSA) is 97.3 Å². The number of benzene rings is 2. The summed E-state index contributed by atoms with van der Waals surface area (Å²) in [6.45, 7) is 1.70. The van der Waals surface area contributed by atoms with Gasteiger partial charge in [0.05, 0.1) is 19.4 Å². The van der Waals surface area contributed by atoms with E-state index in [1.54, 1.807) is 62.6 Å². The molecule has 0 aromatic heterocycles. The van der Waals surface area contributed by atoms with Gasteiger partial charge in [-0.1, -0.05) is 6.07 Å². The van der Waals surface area contributed by atoms with E-state index in [0.29, 0.717) is 40.8 Å².